The van der Waals surface area contributed by atoms with E-state index in [1.807, 2.05) is 0 Å². The minimum atomic E-state index is -0.426. The Kier molecular flexibility index (Phi) is 5.96. The van der Waals surface area contributed by atoms with E-state index in [0.29, 0.717) is 5.92 Å². The van der Waals surface area contributed by atoms with Crippen LogP contribution in [0.4, 0.5) is 0 Å². The molecule has 0 spiro atoms. The Hall–Kier alpha value is -0.570. The maximum Gasteiger partial charge on any atom is 0.323 e. The lowest BCUT2D eigenvalue weighted by molar-refractivity contribution is -0.153. The van der Waals surface area contributed by atoms with Gasteiger partial charge < -0.3 is 10.5 Å². The van der Waals surface area contributed by atoms with Crippen molar-refractivity contribution in [1.29, 1.82) is 0 Å². The van der Waals surface area contributed by atoms with Crippen molar-refractivity contribution in [3.8, 4) is 0 Å². The topological polar surface area (TPSA) is 52.3 Å². The van der Waals surface area contributed by atoms with Crippen molar-refractivity contribution >= 4 is 5.97 Å². The number of ether oxygens (including phenoxy) is 1. The van der Waals surface area contributed by atoms with Gasteiger partial charge in [-0.05, 0) is 37.5 Å². The summed E-state index contributed by atoms with van der Waals surface area (Å²) in [5.74, 6) is 1.19. The molecule has 0 radical (unpaired) electrons. The van der Waals surface area contributed by atoms with Crippen molar-refractivity contribution in [2.24, 2.45) is 17.6 Å². The summed E-state index contributed by atoms with van der Waals surface area (Å²) in [7, 11) is 0. The molecular formula is C14H27NO2. The summed E-state index contributed by atoms with van der Waals surface area (Å²) in [5, 5.41) is 0. The summed E-state index contributed by atoms with van der Waals surface area (Å²) >= 11 is 0. The van der Waals surface area contributed by atoms with Crippen LogP contribution in [0.25, 0.3) is 0 Å². The van der Waals surface area contributed by atoms with Crippen LogP contribution < -0.4 is 5.73 Å². The number of carbonyl (C=O) groups is 1. The van der Waals surface area contributed by atoms with Gasteiger partial charge in [-0.15, -0.1) is 0 Å². The molecule has 3 unspecified atom stereocenters. The Morgan fingerprint density at radius 2 is 2.06 bits per heavy atom. The zero-order valence-electron chi connectivity index (χ0n) is 11.4. The predicted molar refractivity (Wildman–Crippen MR) is 69.6 cm³/mol. The lowest BCUT2D eigenvalue weighted by Crippen LogP contribution is -2.37. The monoisotopic (exact) mass is 241 g/mol. The Morgan fingerprint density at radius 3 is 2.65 bits per heavy atom. The molecule has 0 aromatic heterocycles. The molecule has 4 atom stereocenters. The number of rotatable bonds is 5. The number of carbonyl (C=O) groups excluding carboxylic acids is 1. The average molecular weight is 241 g/mol. The molecule has 1 aliphatic rings. The van der Waals surface area contributed by atoms with E-state index >= 15 is 0 Å². The molecule has 0 heterocycles. The summed E-state index contributed by atoms with van der Waals surface area (Å²) in [6, 6.07) is -0.426. The van der Waals surface area contributed by atoms with E-state index in [1.165, 1.54) is 0 Å². The Bertz CT molecular complexity index is 242. The molecule has 1 fully saturated rings. The van der Waals surface area contributed by atoms with Gasteiger partial charge in [0, 0.05) is 0 Å². The molecular weight excluding hydrogens is 214 g/mol. The summed E-state index contributed by atoms with van der Waals surface area (Å²) < 4.78 is 5.50. The number of nitrogens with two attached hydrogens (primary N) is 1. The molecule has 0 bridgehead atoms. The quantitative estimate of drug-likeness (QED) is 0.753. The molecule has 1 aliphatic carbocycles. The van der Waals surface area contributed by atoms with E-state index in [0.717, 1.165) is 44.4 Å². The van der Waals surface area contributed by atoms with Crippen LogP contribution in [0.5, 0.6) is 0 Å². The molecule has 3 nitrogen and oxygen atoms in total. The molecule has 3 heteroatoms. The van der Waals surface area contributed by atoms with Crippen molar-refractivity contribution in [2.45, 2.75) is 71.4 Å². The first-order valence-electron chi connectivity index (χ1n) is 7.00. The maximum absolute atomic E-state index is 11.8. The van der Waals surface area contributed by atoms with E-state index in [4.69, 9.17) is 10.5 Å². The van der Waals surface area contributed by atoms with E-state index in [2.05, 4.69) is 20.8 Å². The highest BCUT2D eigenvalue weighted by atomic mass is 16.5. The van der Waals surface area contributed by atoms with Crippen LogP contribution in [0.1, 0.15) is 59.3 Å². The number of unbranched alkanes of at least 4 members (excludes halogenated alkanes) is 1. The molecule has 2 N–H and O–H groups in total. The lowest BCUT2D eigenvalue weighted by atomic mass is 9.80. The van der Waals surface area contributed by atoms with Crippen molar-refractivity contribution < 1.29 is 9.53 Å². The zero-order valence-corrected chi connectivity index (χ0v) is 11.4. The fourth-order valence-corrected chi connectivity index (χ4v) is 2.40. The Labute approximate surface area is 105 Å². The van der Waals surface area contributed by atoms with Crippen molar-refractivity contribution in [3.63, 3.8) is 0 Å². The third-order valence-corrected chi connectivity index (χ3v) is 4.00. The van der Waals surface area contributed by atoms with E-state index in [1.54, 1.807) is 0 Å². The average Bonchev–Trinajstić information content (AvgIpc) is 2.30. The minimum absolute atomic E-state index is 0.0985. The second kappa shape index (κ2) is 7.00. The van der Waals surface area contributed by atoms with Gasteiger partial charge in [-0.2, -0.15) is 0 Å². The van der Waals surface area contributed by atoms with Gasteiger partial charge in [0.1, 0.15) is 12.1 Å². The molecule has 100 valence electrons. The highest BCUT2D eigenvalue weighted by Gasteiger charge is 2.28. The minimum Gasteiger partial charge on any atom is -0.461 e. The molecule has 0 amide bonds. The first-order chi connectivity index (χ1) is 8.04. The largest absolute Gasteiger partial charge is 0.461 e. The van der Waals surface area contributed by atoms with Crippen LogP contribution in [0, 0.1) is 11.8 Å². The normalized spacial score (nSPS) is 30.9. The van der Waals surface area contributed by atoms with Crippen molar-refractivity contribution in [3.05, 3.63) is 0 Å². The van der Waals surface area contributed by atoms with Gasteiger partial charge in [0.15, 0.2) is 0 Å². The summed E-state index contributed by atoms with van der Waals surface area (Å²) in [6.45, 7) is 6.61. The lowest BCUT2D eigenvalue weighted by Gasteiger charge is -2.32. The van der Waals surface area contributed by atoms with E-state index < -0.39 is 6.04 Å². The van der Waals surface area contributed by atoms with Crippen LogP contribution in [0.2, 0.25) is 0 Å². The fraction of sp³-hybridized carbons (Fsp3) is 0.929. The number of hydrogen-bond donors (Lipinski definition) is 1. The first kappa shape index (κ1) is 14.5. The second-order valence-corrected chi connectivity index (χ2v) is 5.58. The van der Waals surface area contributed by atoms with Crippen molar-refractivity contribution in [1.82, 2.24) is 0 Å². The summed E-state index contributed by atoms with van der Waals surface area (Å²) in [5.41, 5.74) is 5.81. The zero-order chi connectivity index (χ0) is 12.8. The van der Waals surface area contributed by atoms with E-state index in [9.17, 15) is 4.79 Å². The van der Waals surface area contributed by atoms with Gasteiger partial charge in [-0.1, -0.05) is 33.6 Å². The maximum atomic E-state index is 11.8. The van der Waals surface area contributed by atoms with Gasteiger partial charge in [0.05, 0.1) is 0 Å². The summed E-state index contributed by atoms with van der Waals surface area (Å²) in [6.07, 6.45) is 6.05. The Morgan fingerprint density at radius 1 is 1.35 bits per heavy atom. The third-order valence-electron chi connectivity index (χ3n) is 4.00. The smallest absolute Gasteiger partial charge is 0.323 e. The second-order valence-electron chi connectivity index (χ2n) is 5.58. The van der Waals surface area contributed by atoms with Crippen LogP contribution in [0.3, 0.4) is 0 Å². The van der Waals surface area contributed by atoms with Gasteiger partial charge in [-0.25, -0.2) is 0 Å². The summed E-state index contributed by atoms with van der Waals surface area (Å²) in [4.78, 5) is 11.8. The van der Waals surface area contributed by atoms with Gasteiger partial charge in [0.2, 0.25) is 0 Å². The van der Waals surface area contributed by atoms with Gasteiger partial charge in [-0.3, -0.25) is 4.79 Å². The predicted octanol–water partition coefficient (Wildman–Crippen LogP) is 2.87. The molecule has 0 aromatic rings. The fourth-order valence-electron chi connectivity index (χ4n) is 2.40. The Balaban J connectivity index is 2.31. The van der Waals surface area contributed by atoms with Gasteiger partial charge >= 0.3 is 5.97 Å². The first-order valence-corrected chi connectivity index (χ1v) is 7.00. The van der Waals surface area contributed by atoms with Crippen LogP contribution in [0.15, 0.2) is 0 Å². The highest BCUT2D eigenvalue weighted by Crippen LogP contribution is 2.31. The molecule has 0 aromatic carbocycles. The van der Waals surface area contributed by atoms with Crippen LogP contribution in [-0.4, -0.2) is 18.1 Å². The number of esters is 1. The molecule has 17 heavy (non-hydrogen) atoms. The molecule has 1 rings (SSSR count). The standard InChI is InChI=1S/C14H27NO2/c1-4-5-6-13(15)14(16)17-12-8-7-10(2)11(3)9-12/h10-13H,4-9,15H2,1-3H3/t10?,11?,12?,13-/m0/s1. The van der Waals surface area contributed by atoms with Crippen LogP contribution >= 0.6 is 0 Å². The van der Waals surface area contributed by atoms with Gasteiger partial charge in [0.25, 0.3) is 0 Å². The highest BCUT2D eigenvalue weighted by molar-refractivity contribution is 5.75. The molecule has 0 aliphatic heterocycles. The van der Waals surface area contributed by atoms with Crippen molar-refractivity contribution in [2.75, 3.05) is 0 Å². The molecule has 0 saturated heterocycles. The van der Waals surface area contributed by atoms with E-state index in [-0.39, 0.29) is 12.1 Å². The SMILES string of the molecule is CCCC[C@H](N)C(=O)OC1CCC(C)C(C)C1. The molecule has 1 saturated carbocycles. The van der Waals surface area contributed by atoms with Crippen LogP contribution in [-0.2, 0) is 9.53 Å². The third kappa shape index (κ3) is 4.66. The number of hydrogen-bond acceptors (Lipinski definition) is 3.